The van der Waals surface area contributed by atoms with Crippen molar-refractivity contribution in [2.45, 2.75) is 39.2 Å². The molecule has 0 unspecified atom stereocenters. The van der Waals surface area contributed by atoms with E-state index in [1.807, 2.05) is 17.0 Å². The van der Waals surface area contributed by atoms with Crippen LogP contribution >= 0.6 is 0 Å². The molecular formula is C19H22N2O2. The summed E-state index contributed by atoms with van der Waals surface area (Å²) in [5, 5.41) is 0.683. The number of piperidine rings is 1. The topological polar surface area (TPSA) is 42.3 Å². The minimum absolute atomic E-state index is 0.1000. The molecule has 4 rings (SSSR count). The summed E-state index contributed by atoms with van der Waals surface area (Å²) in [6.45, 7) is 5.87. The average molecular weight is 310 g/mol. The van der Waals surface area contributed by atoms with E-state index in [9.17, 15) is 9.59 Å². The van der Waals surface area contributed by atoms with Crippen LogP contribution in [0.4, 0.5) is 0 Å². The number of amides is 1. The van der Waals surface area contributed by atoms with Crippen LogP contribution in [0.1, 0.15) is 48.7 Å². The molecule has 0 N–H and O–H groups in total. The molecule has 1 fully saturated rings. The Labute approximate surface area is 135 Å². The Kier molecular flexibility index (Phi) is 3.29. The third kappa shape index (κ3) is 2.19. The molecule has 0 bridgehead atoms. The number of hydrogen-bond acceptors (Lipinski definition) is 2. The zero-order chi connectivity index (χ0) is 16.1. The largest absolute Gasteiger partial charge is 0.343 e. The van der Waals surface area contributed by atoms with Gasteiger partial charge in [0, 0.05) is 30.7 Å². The molecule has 1 aromatic carbocycles. The maximum Gasteiger partial charge on any atom is 0.259 e. The van der Waals surface area contributed by atoms with Crippen LogP contribution in [-0.2, 0) is 6.42 Å². The van der Waals surface area contributed by atoms with Gasteiger partial charge >= 0.3 is 0 Å². The quantitative estimate of drug-likeness (QED) is 0.812. The van der Waals surface area contributed by atoms with Crippen molar-refractivity contribution in [2.24, 2.45) is 5.92 Å². The third-order valence-electron chi connectivity index (χ3n) is 5.43. The molecule has 4 heteroatoms. The number of rotatable bonds is 1. The van der Waals surface area contributed by atoms with Crippen LogP contribution in [0.3, 0.4) is 0 Å². The number of likely N-dealkylation sites (tertiary alicyclic amines) is 1. The second-order valence-electron chi connectivity index (χ2n) is 7.12. The Hall–Kier alpha value is -2.10. The first kappa shape index (κ1) is 14.5. The number of nitrogens with zero attached hydrogens (tertiary/aromatic N) is 2. The second kappa shape index (κ2) is 5.22. The van der Waals surface area contributed by atoms with Crippen LogP contribution in [0.15, 0.2) is 29.2 Å². The fourth-order valence-corrected chi connectivity index (χ4v) is 3.95. The Morgan fingerprint density at radius 1 is 1.17 bits per heavy atom. The molecule has 1 atom stereocenters. The van der Waals surface area contributed by atoms with Gasteiger partial charge in [0.15, 0.2) is 0 Å². The minimum Gasteiger partial charge on any atom is -0.343 e. The summed E-state index contributed by atoms with van der Waals surface area (Å²) in [5.74, 6) is 0.564. The Morgan fingerprint density at radius 2 is 1.91 bits per heavy atom. The van der Waals surface area contributed by atoms with Crippen molar-refractivity contribution < 1.29 is 4.79 Å². The Balaban J connectivity index is 1.82. The van der Waals surface area contributed by atoms with Crippen molar-refractivity contribution in [3.8, 4) is 0 Å². The van der Waals surface area contributed by atoms with E-state index < -0.39 is 0 Å². The molecule has 2 aliphatic heterocycles. The summed E-state index contributed by atoms with van der Waals surface area (Å²) in [5.41, 5.74) is 2.43. The van der Waals surface area contributed by atoms with E-state index in [-0.39, 0.29) is 11.3 Å². The van der Waals surface area contributed by atoms with Crippen LogP contribution in [-0.4, -0.2) is 28.5 Å². The summed E-state index contributed by atoms with van der Waals surface area (Å²) in [6.07, 6.45) is 4.77. The van der Waals surface area contributed by atoms with E-state index in [0.29, 0.717) is 22.9 Å². The maximum absolute atomic E-state index is 12.9. The number of hydrogen-bond donors (Lipinski definition) is 0. The van der Waals surface area contributed by atoms with E-state index in [1.54, 1.807) is 6.20 Å². The fourth-order valence-electron chi connectivity index (χ4n) is 3.95. The Morgan fingerprint density at radius 3 is 2.65 bits per heavy atom. The van der Waals surface area contributed by atoms with Gasteiger partial charge in [0.2, 0.25) is 5.43 Å². The third-order valence-corrected chi connectivity index (χ3v) is 5.43. The van der Waals surface area contributed by atoms with E-state index in [4.69, 9.17) is 0 Å². The van der Waals surface area contributed by atoms with Gasteiger partial charge in [-0.1, -0.05) is 19.1 Å². The van der Waals surface area contributed by atoms with Crippen LogP contribution < -0.4 is 5.43 Å². The zero-order valence-corrected chi connectivity index (χ0v) is 13.7. The highest BCUT2D eigenvalue weighted by atomic mass is 16.2. The molecule has 0 spiro atoms. The van der Waals surface area contributed by atoms with Gasteiger partial charge in [-0.05, 0) is 43.7 Å². The number of aromatic nitrogens is 1. The lowest BCUT2D eigenvalue weighted by molar-refractivity contribution is 0.0695. The molecule has 1 aromatic heterocycles. The molecule has 120 valence electrons. The summed E-state index contributed by atoms with van der Waals surface area (Å²) in [4.78, 5) is 27.6. The van der Waals surface area contributed by atoms with Crippen molar-refractivity contribution in [3.63, 3.8) is 0 Å². The molecule has 0 radical (unpaired) electrons. The van der Waals surface area contributed by atoms with Crippen molar-refractivity contribution in [2.75, 3.05) is 13.1 Å². The number of para-hydroxylation sites is 1. The highest BCUT2D eigenvalue weighted by molar-refractivity contribution is 5.98. The van der Waals surface area contributed by atoms with Crippen molar-refractivity contribution in [1.29, 1.82) is 0 Å². The minimum atomic E-state index is -0.115. The van der Waals surface area contributed by atoms with Crippen molar-refractivity contribution in [1.82, 2.24) is 9.47 Å². The van der Waals surface area contributed by atoms with Crippen LogP contribution in [0, 0.1) is 5.92 Å². The summed E-state index contributed by atoms with van der Waals surface area (Å²) >= 11 is 0. The fraction of sp³-hybridized carbons (Fsp3) is 0.474. The molecule has 3 heterocycles. The Bertz CT molecular complexity index is 844. The lowest BCUT2D eigenvalue weighted by Gasteiger charge is -2.30. The van der Waals surface area contributed by atoms with E-state index in [1.165, 1.54) is 5.56 Å². The summed E-state index contributed by atoms with van der Waals surface area (Å²) < 4.78 is 2.12. The lowest BCUT2D eigenvalue weighted by atomic mass is 9.98. The van der Waals surface area contributed by atoms with Crippen LogP contribution in [0.25, 0.3) is 10.9 Å². The molecular weight excluding hydrogens is 288 g/mol. The van der Waals surface area contributed by atoms with E-state index in [0.717, 1.165) is 37.9 Å². The number of pyridine rings is 1. The van der Waals surface area contributed by atoms with Gasteiger partial charge in [0.05, 0.1) is 5.52 Å². The molecule has 1 amide bonds. The number of benzene rings is 1. The lowest BCUT2D eigenvalue weighted by Crippen LogP contribution is -2.40. The summed E-state index contributed by atoms with van der Waals surface area (Å²) in [7, 11) is 0. The molecule has 4 nitrogen and oxygen atoms in total. The first-order chi connectivity index (χ1) is 11.1. The average Bonchev–Trinajstić information content (AvgIpc) is 2.87. The summed E-state index contributed by atoms with van der Waals surface area (Å²) in [6, 6.07) is 6.15. The normalized spacial score (nSPS) is 21.1. The monoisotopic (exact) mass is 310 g/mol. The van der Waals surface area contributed by atoms with Gasteiger partial charge in [-0.25, -0.2) is 0 Å². The predicted molar refractivity (Wildman–Crippen MR) is 90.9 cm³/mol. The number of carbonyl (C=O) groups is 1. The first-order valence-electron chi connectivity index (χ1n) is 8.52. The van der Waals surface area contributed by atoms with Gasteiger partial charge in [0.25, 0.3) is 5.91 Å². The van der Waals surface area contributed by atoms with Crippen molar-refractivity contribution in [3.05, 3.63) is 45.7 Å². The highest BCUT2D eigenvalue weighted by Crippen LogP contribution is 2.31. The van der Waals surface area contributed by atoms with Crippen LogP contribution in [0.2, 0.25) is 0 Å². The van der Waals surface area contributed by atoms with Gasteiger partial charge in [-0.15, -0.1) is 0 Å². The highest BCUT2D eigenvalue weighted by Gasteiger charge is 2.27. The molecule has 0 aliphatic carbocycles. The molecule has 23 heavy (non-hydrogen) atoms. The maximum atomic E-state index is 12.9. The molecule has 0 saturated carbocycles. The molecule has 1 saturated heterocycles. The molecule has 2 aliphatic rings. The first-order valence-corrected chi connectivity index (χ1v) is 8.52. The smallest absolute Gasteiger partial charge is 0.259 e. The zero-order valence-electron chi connectivity index (χ0n) is 13.7. The van der Waals surface area contributed by atoms with Crippen molar-refractivity contribution >= 4 is 16.8 Å². The SMILES string of the molecule is CC1CCN(C(=O)c2cn3c4c(cccc4c2=O)C[C@@H]3C)CC1. The molecule has 2 aromatic rings. The van der Waals surface area contributed by atoms with Gasteiger partial charge < -0.3 is 9.47 Å². The van der Waals surface area contributed by atoms with E-state index in [2.05, 4.69) is 24.5 Å². The second-order valence-corrected chi connectivity index (χ2v) is 7.12. The van der Waals surface area contributed by atoms with E-state index >= 15 is 0 Å². The van der Waals surface area contributed by atoms with Gasteiger partial charge in [0.1, 0.15) is 5.56 Å². The van der Waals surface area contributed by atoms with Crippen LogP contribution in [0.5, 0.6) is 0 Å². The standard InChI is InChI=1S/C19H22N2O2/c1-12-6-8-20(9-7-12)19(23)16-11-21-13(2)10-14-4-3-5-15(17(14)21)18(16)22/h3-5,11-13H,6-10H2,1-2H3/t13-/m0/s1. The number of carbonyl (C=O) groups excluding carboxylic acids is 1. The van der Waals surface area contributed by atoms with Gasteiger partial charge in [-0.3, -0.25) is 9.59 Å². The predicted octanol–water partition coefficient (Wildman–Crippen LogP) is 2.99. The van der Waals surface area contributed by atoms with Gasteiger partial charge in [-0.2, -0.15) is 0 Å².